The van der Waals surface area contributed by atoms with Gasteiger partial charge < -0.3 is 10.2 Å². The molecular weight excluding hydrogens is 694 g/mol. The summed E-state index contributed by atoms with van der Waals surface area (Å²) in [6, 6.07) is 29.4. The lowest BCUT2D eigenvalue weighted by Crippen LogP contribution is -2.53. The van der Waals surface area contributed by atoms with Gasteiger partial charge in [0.15, 0.2) is 0 Å². The molecule has 0 heterocycles. The lowest BCUT2D eigenvalue weighted by Gasteiger charge is -2.34. The molecule has 0 saturated heterocycles. The molecule has 4 rings (SSSR count). The largest absolute Gasteiger partial charge is 0.355 e. The van der Waals surface area contributed by atoms with Crippen LogP contribution < -0.4 is 9.62 Å². The highest BCUT2D eigenvalue weighted by atomic mass is 79.9. The Balaban J connectivity index is 1.80. The third-order valence-electron chi connectivity index (χ3n) is 6.85. The van der Waals surface area contributed by atoms with Crippen LogP contribution >= 0.6 is 31.9 Å². The quantitative estimate of drug-likeness (QED) is 0.181. The second kappa shape index (κ2) is 14.8. The van der Waals surface area contributed by atoms with E-state index < -0.39 is 28.5 Å². The topological polar surface area (TPSA) is 86.8 Å². The molecule has 43 heavy (non-hydrogen) atoms. The van der Waals surface area contributed by atoms with Crippen molar-refractivity contribution in [3.05, 3.63) is 129 Å². The van der Waals surface area contributed by atoms with Crippen molar-refractivity contribution in [3.63, 3.8) is 0 Å². The van der Waals surface area contributed by atoms with Gasteiger partial charge in [-0.25, -0.2) is 8.42 Å². The van der Waals surface area contributed by atoms with Crippen molar-refractivity contribution < 1.29 is 18.0 Å². The SMILES string of the molecule is CCNC(=O)C(Cc1ccccc1)N(Cc1cccc(Br)c1)C(=O)CN(c1cccc(Br)c1)S(=O)(=O)c1ccc(C)cc1. The molecular formula is C33H33Br2N3O4S. The fraction of sp³-hybridized carbons (Fsp3) is 0.212. The summed E-state index contributed by atoms with van der Waals surface area (Å²) < 4.78 is 30.7. The zero-order valence-electron chi connectivity index (χ0n) is 23.9. The van der Waals surface area contributed by atoms with Gasteiger partial charge in [0.05, 0.1) is 10.6 Å². The number of hydrogen-bond donors (Lipinski definition) is 1. The van der Waals surface area contributed by atoms with Crippen molar-refractivity contribution in [3.8, 4) is 0 Å². The molecule has 0 radical (unpaired) electrons. The molecule has 4 aromatic rings. The minimum absolute atomic E-state index is 0.0639. The highest BCUT2D eigenvalue weighted by molar-refractivity contribution is 9.10. The van der Waals surface area contributed by atoms with E-state index >= 15 is 0 Å². The number of carbonyl (C=O) groups excluding carboxylic acids is 2. The Bertz CT molecular complexity index is 1670. The molecule has 1 N–H and O–H groups in total. The van der Waals surface area contributed by atoms with E-state index in [2.05, 4.69) is 37.2 Å². The number of nitrogens with one attached hydrogen (secondary N) is 1. The molecule has 0 spiro atoms. The number of carbonyl (C=O) groups is 2. The molecule has 0 aliphatic rings. The Kier molecular flexibility index (Phi) is 11.2. The average molecular weight is 728 g/mol. The van der Waals surface area contributed by atoms with E-state index in [-0.39, 0.29) is 23.8 Å². The second-order valence-corrected chi connectivity index (χ2v) is 13.7. The van der Waals surface area contributed by atoms with E-state index in [4.69, 9.17) is 0 Å². The normalized spacial score (nSPS) is 11.9. The Morgan fingerprint density at radius 2 is 1.44 bits per heavy atom. The number of amides is 2. The number of sulfonamides is 1. The summed E-state index contributed by atoms with van der Waals surface area (Å²) in [7, 11) is -4.15. The maximum Gasteiger partial charge on any atom is 0.264 e. The molecule has 0 saturated carbocycles. The summed E-state index contributed by atoms with van der Waals surface area (Å²) in [6.45, 7) is 3.67. The van der Waals surface area contributed by atoms with E-state index in [1.807, 2.05) is 68.4 Å². The summed E-state index contributed by atoms with van der Waals surface area (Å²) >= 11 is 6.93. The first-order chi connectivity index (χ1) is 20.6. The van der Waals surface area contributed by atoms with Gasteiger partial charge in [0.25, 0.3) is 10.0 Å². The zero-order chi connectivity index (χ0) is 31.0. The molecule has 2 amide bonds. The van der Waals surface area contributed by atoms with Crippen molar-refractivity contribution in [2.75, 3.05) is 17.4 Å². The van der Waals surface area contributed by atoms with E-state index in [0.29, 0.717) is 16.7 Å². The number of likely N-dealkylation sites (N-methyl/N-ethyl adjacent to an activating group) is 1. The molecule has 224 valence electrons. The van der Waals surface area contributed by atoms with Crippen molar-refractivity contribution in [1.82, 2.24) is 10.2 Å². The Labute approximate surface area is 270 Å². The van der Waals surface area contributed by atoms with Gasteiger partial charge in [-0.3, -0.25) is 13.9 Å². The van der Waals surface area contributed by atoms with Gasteiger partial charge in [0, 0.05) is 28.5 Å². The molecule has 1 atom stereocenters. The lowest BCUT2D eigenvalue weighted by molar-refractivity contribution is -0.140. The van der Waals surface area contributed by atoms with Crippen molar-refractivity contribution in [2.45, 2.75) is 37.8 Å². The Morgan fingerprint density at radius 3 is 2.07 bits per heavy atom. The first kappa shape index (κ1) is 32.4. The summed E-state index contributed by atoms with van der Waals surface area (Å²) in [5.41, 5.74) is 2.90. The predicted molar refractivity (Wildman–Crippen MR) is 177 cm³/mol. The Morgan fingerprint density at radius 1 is 0.814 bits per heavy atom. The lowest BCUT2D eigenvalue weighted by atomic mass is 10.0. The molecule has 1 unspecified atom stereocenters. The van der Waals surface area contributed by atoms with Gasteiger partial charge >= 0.3 is 0 Å². The third kappa shape index (κ3) is 8.55. The van der Waals surface area contributed by atoms with Gasteiger partial charge in [-0.15, -0.1) is 0 Å². The molecule has 0 aliphatic carbocycles. The van der Waals surface area contributed by atoms with Crippen LogP contribution in [0.4, 0.5) is 5.69 Å². The van der Waals surface area contributed by atoms with Gasteiger partial charge in [-0.05, 0) is 67.4 Å². The fourth-order valence-corrected chi connectivity index (χ4v) is 6.92. The van der Waals surface area contributed by atoms with Crippen LogP contribution in [0.3, 0.4) is 0 Å². The van der Waals surface area contributed by atoms with Crippen LogP contribution in [0.1, 0.15) is 23.6 Å². The number of hydrogen-bond acceptors (Lipinski definition) is 4. The second-order valence-electron chi connectivity index (χ2n) is 10.1. The number of rotatable bonds is 12. The summed E-state index contributed by atoms with van der Waals surface area (Å²) in [4.78, 5) is 29.5. The van der Waals surface area contributed by atoms with E-state index in [1.54, 1.807) is 36.4 Å². The van der Waals surface area contributed by atoms with Crippen LogP contribution in [0.15, 0.2) is 117 Å². The van der Waals surface area contributed by atoms with Gasteiger partial charge in [-0.1, -0.05) is 98.1 Å². The van der Waals surface area contributed by atoms with Crippen LogP contribution in [0.5, 0.6) is 0 Å². The summed E-state index contributed by atoms with van der Waals surface area (Å²) in [5.74, 6) is -0.826. The van der Waals surface area contributed by atoms with Gasteiger partial charge in [-0.2, -0.15) is 0 Å². The first-order valence-corrected chi connectivity index (χ1v) is 16.8. The number of halogens is 2. The van der Waals surface area contributed by atoms with Crippen LogP contribution in [-0.4, -0.2) is 44.3 Å². The van der Waals surface area contributed by atoms with Crippen LogP contribution in [-0.2, 0) is 32.6 Å². The molecule has 7 nitrogen and oxygen atoms in total. The Hall–Kier alpha value is -3.47. The molecule has 10 heteroatoms. The third-order valence-corrected chi connectivity index (χ3v) is 9.62. The highest BCUT2D eigenvalue weighted by Crippen LogP contribution is 2.28. The van der Waals surface area contributed by atoms with Crippen LogP contribution in [0.2, 0.25) is 0 Å². The predicted octanol–water partition coefficient (Wildman–Crippen LogP) is 6.49. The van der Waals surface area contributed by atoms with Crippen LogP contribution in [0, 0.1) is 6.92 Å². The fourth-order valence-electron chi connectivity index (χ4n) is 4.68. The van der Waals surface area contributed by atoms with Crippen molar-refractivity contribution in [2.24, 2.45) is 0 Å². The van der Waals surface area contributed by atoms with E-state index in [0.717, 1.165) is 25.5 Å². The first-order valence-electron chi connectivity index (χ1n) is 13.8. The molecule has 0 fully saturated rings. The van der Waals surface area contributed by atoms with Gasteiger partial charge in [0.2, 0.25) is 11.8 Å². The number of aryl methyl sites for hydroxylation is 1. The van der Waals surface area contributed by atoms with E-state index in [9.17, 15) is 18.0 Å². The summed E-state index contributed by atoms with van der Waals surface area (Å²) in [6.07, 6.45) is 0.258. The van der Waals surface area contributed by atoms with Gasteiger partial charge in [0.1, 0.15) is 12.6 Å². The molecule has 4 aromatic carbocycles. The maximum absolute atomic E-state index is 14.4. The molecule has 0 aliphatic heterocycles. The maximum atomic E-state index is 14.4. The minimum atomic E-state index is -4.15. The zero-order valence-corrected chi connectivity index (χ0v) is 27.9. The standard InChI is InChI=1S/C33H33Br2N3O4S/c1-3-36-33(40)31(20-25-9-5-4-6-10-25)37(22-26-11-7-12-27(34)19-26)32(39)23-38(29-14-8-13-28(35)21-29)43(41,42)30-17-15-24(2)16-18-30/h4-19,21,31H,3,20,22-23H2,1-2H3,(H,36,40). The number of anilines is 1. The summed E-state index contributed by atoms with van der Waals surface area (Å²) in [5, 5.41) is 2.87. The monoisotopic (exact) mass is 725 g/mol. The van der Waals surface area contributed by atoms with E-state index in [1.165, 1.54) is 17.0 Å². The number of nitrogens with zero attached hydrogens (tertiary/aromatic N) is 2. The smallest absolute Gasteiger partial charge is 0.264 e. The molecule has 0 aromatic heterocycles. The van der Waals surface area contributed by atoms with Crippen molar-refractivity contribution in [1.29, 1.82) is 0 Å². The molecule has 0 bridgehead atoms. The number of benzene rings is 4. The van der Waals surface area contributed by atoms with Crippen LogP contribution in [0.25, 0.3) is 0 Å². The van der Waals surface area contributed by atoms with Crippen molar-refractivity contribution >= 4 is 59.4 Å². The average Bonchev–Trinajstić information content (AvgIpc) is 2.98. The highest BCUT2D eigenvalue weighted by Gasteiger charge is 2.34. The minimum Gasteiger partial charge on any atom is -0.355 e.